The lowest BCUT2D eigenvalue weighted by Gasteiger charge is -2.23. The van der Waals surface area contributed by atoms with Crippen molar-refractivity contribution in [3.05, 3.63) is 56.7 Å². The molecule has 0 N–H and O–H groups in total. The van der Waals surface area contributed by atoms with Crippen molar-refractivity contribution in [1.82, 2.24) is 9.55 Å². The van der Waals surface area contributed by atoms with Crippen molar-refractivity contribution < 1.29 is 4.42 Å². The Hall–Kier alpha value is -2.32. The van der Waals surface area contributed by atoms with E-state index in [1.807, 2.05) is 11.4 Å². The molecule has 6 nitrogen and oxygen atoms in total. The molecule has 0 aliphatic carbocycles. The van der Waals surface area contributed by atoms with Crippen LogP contribution >= 0.6 is 23.3 Å². The van der Waals surface area contributed by atoms with Crippen LogP contribution in [-0.4, -0.2) is 16.6 Å². The minimum absolute atomic E-state index is 0.249. The molecule has 8 heteroatoms. The molecule has 0 amide bonds. The van der Waals surface area contributed by atoms with Gasteiger partial charge in [0.25, 0.3) is 5.56 Å². The van der Waals surface area contributed by atoms with Gasteiger partial charge in [0.1, 0.15) is 5.82 Å². The normalized spacial score (nSPS) is 12.9. The topological polar surface area (TPSA) is 68.3 Å². The lowest BCUT2D eigenvalue weighted by atomic mass is 10.3. The molecule has 1 aliphatic rings. The highest BCUT2D eigenvalue weighted by atomic mass is 32.2. The van der Waals surface area contributed by atoms with Gasteiger partial charge in [0.15, 0.2) is 11.4 Å². The number of anilines is 1. The predicted molar refractivity (Wildman–Crippen MR) is 85.9 cm³/mol. The molecule has 1 aliphatic heterocycles. The van der Waals surface area contributed by atoms with Gasteiger partial charge < -0.3 is 8.72 Å². The molecule has 3 aromatic heterocycles. The van der Waals surface area contributed by atoms with Gasteiger partial charge in [-0.25, -0.2) is 9.78 Å². The van der Waals surface area contributed by atoms with Gasteiger partial charge in [0.05, 0.1) is 9.77 Å². The Morgan fingerprint density at radius 2 is 2.09 bits per heavy atom. The summed E-state index contributed by atoms with van der Waals surface area (Å²) >= 11 is 2.88. The molecule has 0 saturated carbocycles. The fourth-order valence-electron chi connectivity index (χ4n) is 2.31. The molecule has 0 radical (unpaired) electrons. The number of hydrogen-bond acceptors (Lipinski definition) is 7. The van der Waals surface area contributed by atoms with E-state index in [1.165, 1.54) is 29.5 Å². The first-order chi connectivity index (χ1) is 10.7. The van der Waals surface area contributed by atoms with Gasteiger partial charge in [-0.05, 0) is 35.5 Å². The van der Waals surface area contributed by atoms with Crippen LogP contribution in [0.15, 0.2) is 54.7 Å². The van der Waals surface area contributed by atoms with Crippen LogP contribution in [0.1, 0.15) is 0 Å². The third-order valence-electron chi connectivity index (χ3n) is 3.26. The van der Waals surface area contributed by atoms with E-state index in [-0.39, 0.29) is 5.82 Å². The van der Waals surface area contributed by atoms with Gasteiger partial charge in [-0.1, -0.05) is 6.07 Å². The summed E-state index contributed by atoms with van der Waals surface area (Å²) in [5.74, 6) is -0.157. The number of nitrogens with zero attached hydrogens (tertiary/aromatic N) is 3. The summed E-state index contributed by atoms with van der Waals surface area (Å²) in [6.45, 7) is 0. The number of pyridine rings is 1. The van der Waals surface area contributed by atoms with Gasteiger partial charge >= 0.3 is 5.76 Å². The van der Waals surface area contributed by atoms with Crippen molar-refractivity contribution in [3.8, 4) is 16.5 Å². The van der Waals surface area contributed by atoms with Crippen LogP contribution in [0.25, 0.3) is 16.5 Å². The molecule has 0 bridgehead atoms. The van der Waals surface area contributed by atoms with E-state index >= 15 is 0 Å². The Kier molecular flexibility index (Phi) is 2.95. The van der Waals surface area contributed by atoms with E-state index in [4.69, 9.17) is 4.42 Å². The SMILES string of the molecule is CN1Sc2ccsc2-c2oc(=O)n(-c3ccccn3)c(=O)c21. The molecule has 0 unspecified atom stereocenters. The van der Waals surface area contributed by atoms with Crippen LogP contribution in [0, 0.1) is 0 Å². The summed E-state index contributed by atoms with van der Waals surface area (Å²) in [7, 11) is 1.77. The highest BCUT2D eigenvalue weighted by molar-refractivity contribution is 8.01. The number of fused-ring (bicyclic) bond motifs is 3. The molecule has 0 fully saturated rings. The maximum atomic E-state index is 12.8. The second kappa shape index (κ2) is 4.85. The van der Waals surface area contributed by atoms with E-state index in [0.717, 1.165) is 14.3 Å². The summed E-state index contributed by atoms with van der Waals surface area (Å²) in [6.07, 6.45) is 1.52. The molecule has 0 aromatic carbocycles. The molecule has 4 rings (SSSR count). The first-order valence-electron chi connectivity index (χ1n) is 6.38. The Morgan fingerprint density at radius 3 is 2.86 bits per heavy atom. The average molecular weight is 331 g/mol. The molecule has 0 spiro atoms. The van der Waals surface area contributed by atoms with E-state index in [0.29, 0.717) is 11.4 Å². The minimum Gasteiger partial charge on any atom is -0.406 e. The fraction of sp³-hybridized carbons (Fsp3) is 0.0714. The second-order valence-electron chi connectivity index (χ2n) is 4.58. The van der Waals surface area contributed by atoms with Gasteiger partial charge in [-0.3, -0.25) is 4.79 Å². The van der Waals surface area contributed by atoms with Crippen molar-refractivity contribution >= 4 is 29.0 Å². The van der Waals surface area contributed by atoms with Crippen LogP contribution in [0.5, 0.6) is 0 Å². The van der Waals surface area contributed by atoms with Crippen molar-refractivity contribution in [3.63, 3.8) is 0 Å². The smallest absolute Gasteiger partial charge is 0.406 e. The van der Waals surface area contributed by atoms with Crippen LogP contribution in [0.2, 0.25) is 0 Å². The second-order valence-corrected chi connectivity index (χ2v) is 6.66. The summed E-state index contributed by atoms with van der Waals surface area (Å²) < 4.78 is 8.11. The van der Waals surface area contributed by atoms with Gasteiger partial charge in [0.2, 0.25) is 0 Å². The van der Waals surface area contributed by atoms with E-state index < -0.39 is 11.3 Å². The molecule has 4 heterocycles. The average Bonchev–Trinajstić information content (AvgIpc) is 2.96. The standard InChI is InChI=1S/C14H9N3O3S2/c1-16-10-11(12-8(22-16)5-7-21-12)20-14(19)17(13(10)18)9-4-2-3-6-15-9/h2-7H,1H3. The van der Waals surface area contributed by atoms with Gasteiger partial charge in [-0.15, -0.1) is 11.3 Å². The highest BCUT2D eigenvalue weighted by Gasteiger charge is 2.29. The molecule has 0 atom stereocenters. The molecular formula is C14H9N3O3S2. The van der Waals surface area contributed by atoms with Crippen molar-refractivity contribution in [2.75, 3.05) is 11.4 Å². The molecular weight excluding hydrogens is 322 g/mol. The first-order valence-corrected chi connectivity index (χ1v) is 8.03. The number of aromatic nitrogens is 2. The van der Waals surface area contributed by atoms with Gasteiger partial charge in [0, 0.05) is 13.2 Å². The lowest BCUT2D eigenvalue weighted by Crippen LogP contribution is -2.36. The van der Waals surface area contributed by atoms with Gasteiger partial charge in [-0.2, -0.15) is 4.57 Å². The lowest BCUT2D eigenvalue weighted by molar-refractivity contribution is 0.471. The Bertz CT molecular complexity index is 975. The number of rotatable bonds is 1. The van der Waals surface area contributed by atoms with Crippen LogP contribution < -0.4 is 15.6 Å². The van der Waals surface area contributed by atoms with Crippen LogP contribution in [-0.2, 0) is 0 Å². The highest BCUT2D eigenvalue weighted by Crippen LogP contribution is 2.46. The van der Waals surface area contributed by atoms with Crippen molar-refractivity contribution in [2.45, 2.75) is 4.90 Å². The third kappa shape index (κ3) is 1.84. The van der Waals surface area contributed by atoms with Crippen molar-refractivity contribution in [1.29, 1.82) is 0 Å². The maximum absolute atomic E-state index is 12.8. The Morgan fingerprint density at radius 1 is 1.23 bits per heavy atom. The van der Waals surface area contributed by atoms with E-state index in [1.54, 1.807) is 29.6 Å². The summed E-state index contributed by atoms with van der Waals surface area (Å²) in [4.78, 5) is 30.9. The monoisotopic (exact) mass is 331 g/mol. The minimum atomic E-state index is -0.734. The zero-order valence-corrected chi connectivity index (χ0v) is 13.0. The summed E-state index contributed by atoms with van der Waals surface area (Å²) in [5.41, 5.74) is -0.0794. The third-order valence-corrected chi connectivity index (χ3v) is 5.29. The predicted octanol–water partition coefficient (Wildman–Crippen LogP) is 2.37. The zero-order valence-electron chi connectivity index (χ0n) is 11.3. The van der Waals surface area contributed by atoms with Crippen LogP contribution in [0.4, 0.5) is 5.69 Å². The zero-order chi connectivity index (χ0) is 15.3. The van der Waals surface area contributed by atoms with Crippen LogP contribution in [0.3, 0.4) is 0 Å². The van der Waals surface area contributed by atoms with E-state index in [9.17, 15) is 9.59 Å². The largest absolute Gasteiger partial charge is 0.428 e. The summed E-state index contributed by atoms with van der Waals surface area (Å²) in [6, 6.07) is 6.96. The van der Waals surface area contributed by atoms with E-state index in [2.05, 4.69) is 4.98 Å². The quantitative estimate of drug-likeness (QED) is 0.638. The number of hydrogen-bond donors (Lipinski definition) is 0. The molecule has 110 valence electrons. The maximum Gasteiger partial charge on any atom is 0.428 e. The molecule has 0 saturated heterocycles. The fourth-order valence-corrected chi connectivity index (χ4v) is 4.27. The summed E-state index contributed by atoms with van der Waals surface area (Å²) in [5, 5.41) is 1.91. The Labute approximate surface area is 132 Å². The molecule has 3 aromatic rings. The Balaban J connectivity index is 2.07. The number of thiophene rings is 1. The molecule has 22 heavy (non-hydrogen) atoms. The first kappa shape index (κ1) is 13.4. The van der Waals surface area contributed by atoms with Crippen molar-refractivity contribution in [2.24, 2.45) is 0 Å².